The van der Waals surface area contributed by atoms with E-state index >= 15 is 0 Å². The molecule has 1 rings (SSSR count). The van der Waals surface area contributed by atoms with Gasteiger partial charge in [-0.2, -0.15) is 0 Å². The summed E-state index contributed by atoms with van der Waals surface area (Å²) in [6, 6.07) is 2.81. The van der Waals surface area contributed by atoms with Gasteiger partial charge in [-0.1, -0.05) is 25.4 Å². The molecule has 1 aromatic carbocycles. The van der Waals surface area contributed by atoms with Gasteiger partial charge in [0.2, 0.25) is 0 Å². The van der Waals surface area contributed by atoms with Gasteiger partial charge in [-0.15, -0.1) is 0 Å². The SMILES string of the molecule is CCNCC(CC)Oc1cc(F)c(Cl)cc1Br. The van der Waals surface area contributed by atoms with Gasteiger partial charge in [-0.05, 0) is 35.0 Å². The summed E-state index contributed by atoms with van der Waals surface area (Å²) in [7, 11) is 0. The first kappa shape index (κ1) is 14.7. The Balaban J connectivity index is 2.75. The fourth-order valence-corrected chi connectivity index (χ4v) is 2.08. The summed E-state index contributed by atoms with van der Waals surface area (Å²) < 4.78 is 19.7. The molecule has 5 heteroatoms. The Morgan fingerprint density at radius 2 is 2.18 bits per heavy atom. The fourth-order valence-electron chi connectivity index (χ4n) is 1.35. The Labute approximate surface area is 115 Å². The summed E-state index contributed by atoms with van der Waals surface area (Å²) in [4.78, 5) is 0. The molecule has 0 aliphatic heterocycles. The van der Waals surface area contributed by atoms with E-state index in [-0.39, 0.29) is 11.1 Å². The summed E-state index contributed by atoms with van der Waals surface area (Å²) in [6.45, 7) is 5.69. The molecule has 0 bridgehead atoms. The van der Waals surface area contributed by atoms with E-state index < -0.39 is 5.82 Å². The van der Waals surface area contributed by atoms with Gasteiger partial charge >= 0.3 is 0 Å². The molecule has 2 nitrogen and oxygen atoms in total. The second-order valence-electron chi connectivity index (χ2n) is 3.65. The van der Waals surface area contributed by atoms with Crippen LogP contribution in [0.2, 0.25) is 5.02 Å². The largest absolute Gasteiger partial charge is 0.488 e. The van der Waals surface area contributed by atoms with E-state index in [1.54, 1.807) is 0 Å². The molecule has 0 aliphatic rings. The number of hydrogen-bond donors (Lipinski definition) is 1. The van der Waals surface area contributed by atoms with E-state index in [2.05, 4.69) is 21.2 Å². The van der Waals surface area contributed by atoms with E-state index in [9.17, 15) is 4.39 Å². The van der Waals surface area contributed by atoms with Crippen molar-refractivity contribution in [3.05, 3.63) is 27.4 Å². The third-order valence-electron chi connectivity index (χ3n) is 2.35. The van der Waals surface area contributed by atoms with Gasteiger partial charge in [0.05, 0.1) is 9.50 Å². The molecule has 0 aliphatic carbocycles. The van der Waals surface area contributed by atoms with Crippen molar-refractivity contribution in [1.82, 2.24) is 5.32 Å². The first-order valence-electron chi connectivity index (χ1n) is 5.60. The summed E-state index contributed by atoms with van der Waals surface area (Å²) in [5, 5.41) is 3.29. The van der Waals surface area contributed by atoms with Crippen LogP contribution in [0.15, 0.2) is 16.6 Å². The Hall–Kier alpha value is -0.320. The molecule has 0 saturated carbocycles. The molecular weight excluding hydrogens is 308 g/mol. The summed E-state index contributed by atoms with van der Waals surface area (Å²) >= 11 is 8.98. The molecule has 1 aromatic rings. The topological polar surface area (TPSA) is 21.3 Å². The number of rotatable bonds is 6. The van der Waals surface area contributed by atoms with E-state index in [1.165, 1.54) is 12.1 Å². The van der Waals surface area contributed by atoms with Crippen LogP contribution in [0.3, 0.4) is 0 Å². The Morgan fingerprint density at radius 3 is 2.76 bits per heavy atom. The maximum absolute atomic E-state index is 13.3. The van der Waals surface area contributed by atoms with Crippen LogP contribution < -0.4 is 10.1 Å². The standard InChI is InChI=1S/C12H16BrClFNO/c1-3-8(7-16-4-2)17-12-6-11(15)10(14)5-9(12)13/h5-6,8,16H,3-4,7H2,1-2H3. The van der Waals surface area contributed by atoms with Crippen LogP contribution in [0.1, 0.15) is 20.3 Å². The predicted octanol–water partition coefficient (Wildman–Crippen LogP) is 4.01. The fraction of sp³-hybridized carbons (Fsp3) is 0.500. The Kier molecular flexibility index (Phi) is 6.23. The van der Waals surface area contributed by atoms with E-state index in [4.69, 9.17) is 16.3 Å². The number of hydrogen-bond acceptors (Lipinski definition) is 2. The number of halogens is 3. The zero-order valence-electron chi connectivity index (χ0n) is 9.90. The van der Waals surface area contributed by atoms with Crippen LogP contribution in [0, 0.1) is 5.82 Å². The van der Waals surface area contributed by atoms with Crippen molar-refractivity contribution in [1.29, 1.82) is 0 Å². The van der Waals surface area contributed by atoms with Crippen LogP contribution in [0.25, 0.3) is 0 Å². The van der Waals surface area contributed by atoms with Crippen molar-refractivity contribution in [3.8, 4) is 5.75 Å². The number of ether oxygens (including phenoxy) is 1. The van der Waals surface area contributed by atoms with E-state index in [0.29, 0.717) is 10.2 Å². The highest BCUT2D eigenvalue weighted by atomic mass is 79.9. The average Bonchev–Trinajstić information content (AvgIpc) is 2.30. The van der Waals surface area contributed by atoms with Crippen LogP contribution in [0.4, 0.5) is 4.39 Å². The zero-order valence-corrected chi connectivity index (χ0v) is 12.2. The lowest BCUT2D eigenvalue weighted by molar-refractivity contribution is 0.192. The third-order valence-corrected chi connectivity index (χ3v) is 3.26. The molecule has 96 valence electrons. The molecular formula is C12H16BrClFNO. The molecule has 0 heterocycles. The minimum absolute atomic E-state index is 0.0202. The normalized spacial score (nSPS) is 12.5. The van der Waals surface area contributed by atoms with Crippen molar-refractivity contribution in [2.75, 3.05) is 13.1 Å². The first-order valence-corrected chi connectivity index (χ1v) is 6.77. The monoisotopic (exact) mass is 323 g/mol. The highest BCUT2D eigenvalue weighted by molar-refractivity contribution is 9.10. The third kappa shape index (κ3) is 4.45. The molecule has 17 heavy (non-hydrogen) atoms. The molecule has 0 amide bonds. The molecule has 0 saturated heterocycles. The van der Waals surface area contributed by atoms with Gasteiger partial charge in [0, 0.05) is 12.6 Å². The number of benzene rings is 1. The smallest absolute Gasteiger partial charge is 0.145 e. The quantitative estimate of drug-likeness (QED) is 0.798. The second-order valence-corrected chi connectivity index (χ2v) is 4.91. The Bertz CT molecular complexity index is 376. The lowest BCUT2D eigenvalue weighted by Crippen LogP contribution is -2.30. The van der Waals surface area contributed by atoms with Crippen molar-refractivity contribution >= 4 is 27.5 Å². The highest BCUT2D eigenvalue weighted by Crippen LogP contribution is 2.31. The molecule has 1 unspecified atom stereocenters. The molecule has 0 radical (unpaired) electrons. The molecule has 0 fully saturated rings. The van der Waals surface area contributed by atoms with E-state index in [1.807, 2.05) is 13.8 Å². The van der Waals surface area contributed by atoms with Crippen LogP contribution in [0.5, 0.6) is 5.75 Å². The minimum Gasteiger partial charge on any atom is -0.488 e. The summed E-state index contributed by atoms with van der Waals surface area (Å²) in [5.74, 6) is 0.0137. The van der Waals surface area contributed by atoms with E-state index in [0.717, 1.165) is 19.5 Å². The molecule has 1 atom stereocenters. The van der Waals surface area contributed by atoms with Gasteiger partial charge in [0.1, 0.15) is 17.7 Å². The summed E-state index contributed by atoms with van der Waals surface area (Å²) in [6.07, 6.45) is 0.871. The first-order chi connectivity index (χ1) is 8.08. The second kappa shape index (κ2) is 7.19. The van der Waals surface area contributed by atoms with Gasteiger partial charge in [0.25, 0.3) is 0 Å². The van der Waals surface area contributed by atoms with Crippen molar-refractivity contribution < 1.29 is 9.13 Å². The van der Waals surface area contributed by atoms with Crippen LogP contribution in [-0.4, -0.2) is 19.2 Å². The predicted molar refractivity (Wildman–Crippen MR) is 72.4 cm³/mol. The van der Waals surface area contributed by atoms with Crippen molar-refractivity contribution in [3.63, 3.8) is 0 Å². The van der Waals surface area contributed by atoms with Gasteiger partial charge in [-0.25, -0.2) is 4.39 Å². The number of nitrogens with one attached hydrogen (secondary N) is 1. The maximum Gasteiger partial charge on any atom is 0.145 e. The van der Waals surface area contributed by atoms with Crippen LogP contribution >= 0.6 is 27.5 Å². The molecule has 0 spiro atoms. The lowest BCUT2D eigenvalue weighted by Gasteiger charge is -2.19. The van der Waals surface area contributed by atoms with Crippen molar-refractivity contribution in [2.45, 2.75) is 26.4 Å². The highest BCUT2D eigenvalue weighted by Gasteiger charge is 2.12. The Morgan fingerprint density at radius 1 is 1.47 bits per heavy atom. The van der Waals surface area contributed by atoms with Gasteiger partial charge in [0.15, 0.2) is 0 Å². The average molecular weight is 325 g/mol. The van der Waals surface area contributed by atoms with Gasteiger partial charge < -0.3 is 10.1 Å². The minimum atomic E-state index is -0.469. The van der Waals surface area contributed by atoms with Gasteiger partial charge in [-0.3, -0.25) is 0 Å². The van der Waals surface area contributed by atoms with Crippen molar-refractivity contribution in [2.24, 2.45) is 0 Å². The lowest BCUT2D eigenvalue weighted by atomic mass is 10.2. The zero-order chi connectivity index (χ0) is 12.8. The number of likely N-dealkylation sites (N-methyl/N-ethyl adjacent to an activating group) is 1. The molecule has 1 N–H and O–H groups in total. The summed E-state index contributed by atoms with van der Waals surface area (Å²) in [5.41, 5.74) is 0. The maximum atomic E-state index is 13.3. The molecule has 0 aromatic heterocycles. The van der Waals surface area contributed by atoms with Crippen LogP contribution in [-0.2, 0) is 0 Å².